The smallest absolute Gasteiger partial charge is 0.324 e. The van der Waals surface area contributed by atoms with Gasteiger partial charge in [-0.25, -0.2) is 0 Å². The van der Waals surface area contributed by atoms with Crippen LogP contribution >= 0.6 is 0 Å². The van der Waals surface area contributed by atoms with Gasteiger partial charge in [-0.05, 0) is 44.9 Å². The molecule has 2 rings (SSSR count). The van der Waals surface area contributed by atoms with Crippen LogP contribution in [0.15, 0.2) is 24.3 Å². The van der Waals surface area contributed by atoms with E-state index in [2.05, 4.69) is 0 Å². The third kappa shape index (κ3) is 4.14. The Balaban J connectivity index is 2.33. The molecule has 0 radical (unpaired) electrons. The second kappa shape index (κ2) is 6.36. The molecule has 25 heavy (non-hydrogen) atoms. The Morgan fingerprint density at radius 3 is 1.88 bits per heavy atom. The molecule has 0 unspecified atom stereocenters. The van der Waals surface area contributed by atoms with E-state index in [9.17, 15) is 9.59 Å². The average Bonchev–Trinajstić information content (AvgIpc) is 2.43. The van der Waals surface area contributed by atoms with Crippen molar-refractivity contribution in [1.82, 2.24) is 0 Å². The van der Waals surface area contributed by atoms with Crippen molar-refractivity contribution in [3.05, 3.63) is 29.8 Å². The Morgan fingerprint density at radius 2 is 1.48 bits per heavy atom. The third-order valence-electron chi connectivity index (χ3n) is 4.47. The van der Waals surface area contributed by atoms with Gasteiger partial charge in [0.1, 0.15) is 11.4 Å². The maximum atomic E-state index is 12.5. The summed E-state index contributed by atoms with van der Waals surface area (Å²) in [7, 11) is 0. The lowest BCUT2D eigenvalue weighted by atomic mass is 9.69. The van der Waals surface area contributed by atoms with Crippen LogP contribution in [0.4, 0.5) is 0 Å². The van der Waals surface area contributed by atoms with E-state index in [1.165, 1.54) is 0 Å². The molecule has 1 fully saturated rings. The number of rotatable bonds is 4. The minimum absolute atomic E-state index is 0.294. The van der Waals surface area contributed by atoms with Crippen LogP contribution in [-0.4, -0.2) is 23.3 Å². The van der Waals surface area contributed by atoms with E-state index >= 15 is 0 Å². The summed E-state index contributed by atoms with van der Waals surface area (Å²) in [5.41, 5.74) is -0.141. The zero-order valence-electron chi connectivity index (χ0n) is 16.1. The van der Waals surface area contributed by atoms with Gasteiger partial charge in [0, 0.05) is 19.3 Å². The summed E-state index contributed by atoms with van der Waals surface area (Å²) in [5.74, 6) is -2.55. The first-order valence-corrected chi connectivity index (χ1v) is 8.63. The molecule has 1 aromatic rings. The summed E-state index contributed by atoms with van der Waals surface area (Å²) in [5, 5.41) is 0. The molecular weight excluding hydrogens is 320 g/mol. The Hall–Kier alpha value is -2.04. The van der Waals surface area contributed by atoms with Crippen molar-refractivity contribution in [2.75, 3.05) is 0 Å². The maximum Gasteiger partial charge on any atom is 0.324 e. The molecule has 0 saturated carbocycles. The van der Waals surface area contributed by atoms with Crippen LogP contribution in [0.1, 0.15) is 60.5 Å². The Labute approximate surface area is 149 Å². The first-order valence-electron chi connectivity index (χ1n) is 8.63. The molecule has 0 N–H and O–H groups in total. The molecular formula is C20H28O5. The van der Waals surface area contributed by atoms with Gasteiger partial charge < -0.3 is 14.2 Å². The molecule has 1 aromatic carbocycles. The lowest BCUT2D eigenvalue weighted by molar-refractivity contribution is -0.243. The van der Waals surface area contributed by atoms with Gasteiger partial charge in [0.15, 0.2) is 5.92 Å². The second-order valence-corrected chi connectivity index (χ2v) is 8.18. The number of esters is 2. The van der Waals surface area contributed by atoms with Gasteiger partial charge in [-0.3, -0.25) is 9.59 Å². The van der Waals surface area contributed by atoms with Crippen molar-refractivity contribution >= 4 is 11.9 Å². The van der Waals surface area contributed by atoms with E-state index in [0.29, 0.717) is 6.42 Å². The number of benzene rings is 1. The molecule has 5 nitrogen and oxygen atoms in total. The van der Waals surface area contributed by atoms with Crippen LogP contribution in [0.3, 0.4) is 0 Å². The molecule has 0 bridgehead atoms. The first-order chi connectivity index (χ1) is 11.4. The van der Waals surface area contributed by atoms with E-state index in [1.54, 1.807) is 13.8 Å². The summed E-state index contributed by atoms with van der Waals surface area (Å²) >= 11 is 0. The highest BCUT2D eigenvalue weighted by atomic mass is 16.7. The molecule has 1 heterocycles. The van der Waals surface area contributed by atoms with E-state index in [4.69, 9.17) is 14.2 Å². The summed E-state index contributed by atoms with van der Waals surface area (Å²) in [6.07, 6.45) is 0.585. The van der Waals surface area contributed by atoms with Crippen LogP contribution < -0.4 is 4.74 Å². The standard InChI is InChI=1S/C20H28O5/c1-8-20(7,15-16(21)24-19(5,6)25-17(15)22)13-9-11-14(12-10-13)23-18(2,3)4/h9-12,15H,8H2,1-7H3/t20-/m0/s1. The first kappa shape index (κ1) is 19.3. The molecule has 138 valence electrons. The number of hydrogen-bond donors (Lipinski definition) is 0. The average molecular weight is 348 g/mol. The third-order valence-corrected chi connectivity index (χ3v) is 4.47. The topological polar surface area (TPSA) is 61.8 Å². The quantitative estimate of drug-likeness (QED) is 0.608. The fourth-order valence-electron chi connectivity index (χ4n) is 3.07. The summed E-state index contributed by atoms with van der Waals surface area (Å²) in [4.78, 5) is 25.0. The maximum absolute atomic E-state index is 12.5. The Bertz CT molecular complexity index is 634. The van der Waals surface area contributed by atoms with Crippen molar-refractivity contribution in [2.24, 2.45) is 5.92 Å². The predicted molar refractivity (Wildman–Crippen MR) is 94.2 cm³/mol. The van der Waals surface area contributed by atoms with Crippen molar-refractivity contribution in [3.8, 4) is 5.75 Å². The van der Waals surface area contributed by atoms with Gasteiger partial charge in [-0.15, -0.1) is 0 Å². The zero-order valence-corrected chi connectivity index (χ0v) is 16.1. The van der Waals surface area contributed by atoms with Crippen molar-refractivity contribution in [1.29, 1.82) is 0 Å². The minimum atomic E-state index is -1.22. The van der Waals surface area contributed by atoms with Gasteiger partial charge in [0.05, 0.1) is 0 Å². The van der Waals surface area contributed by atoms with Gasteiger partial charge in [-0.1, -0.05) is 26.0 Å². The van der Waals surface area contributed by atoms with Crippen molar-refractivity contribution < 1.29 is 23.8 Å². The van der Waals surface area contributed by atoms with Crippen LogP contribution in [0, 0.1) is 5.92 Å². The SMILES string of the molecule is CC[C@@](C)(c1ccc(OC(C)(C)C)cc1)C1C(=O)OC(C)(C)OC1=O. The van der Waals surface area contributed by atoms with Gasteiger partial charge in [0.25, 0.3) is 5.79 Å². The number of ether oxygens (including phenoxy) is 3. The van der Waals surface area contributed by atoms with Gasteiger partial charge in [0.2, 0.25) is 0 Å². The molecule has 0 amide bonds. The van der Waals surface area contributed by atoms with E-state index in [0.717, 1.165) is 11.3 Å². The van der Waals surface area contributed by atoms with E-state index in [1.807, 2.05) is 58.9 Å². The normalized spacial score (nSPS) is 20.4. The van der Waals surface area contributed by atoms with Crippen molar-refractivity contribution in [3.63, 3.8) is 0 Å². The molecule has 1 saturated heterocycles. The van der Waals surface area contributed by atoms with Crippen molar-refractivity contribution in [2.45, 2.75) is 71.7 Å². The molecule has 1 aliphatic rings. The lowest BCUT2D eigenvalue weighted by Crippen LogP contribution is -2.53. The monoisotopic (exact) mass is 348 g/mol. The van der Waals surface area contributed by atoms with Crippen LogP contribution in [0.25, 0.3) is 0 Å². The summed E-state index contributed by atoms with van der Waals surface area (Å²) in [6.45, 7) is 12.9. The van der Waals surface area contributed by atoms with Crippen LogP contribution in [0.2, 0.25) is 0 Å². The highest BCUT2D eigenvalue weighted by Gasteiger charge is 2.52. The second-order valence-electron chi connectivity index (χ2n) is 8.18. The minimum Gasteiger partial charge on any atom is -0.488 e. The number of carbonyl (C=O) groups excluding carboxylic acids is 2. The fraction of sp³-hybridized carbons (Fsp3) is 0.600. The van der Waals surface area contributed by atoms with Crippen LogP contribution in [-0.2, 0) is 24.5 Å². The molecule has 1 atom stereocenters. The van der Waals surface area contributed by atoms with E-state index in [-0.39, 0.29) is 5.60 Å². The largest absolute Gasteiger partial charge is 0.488 e. The van der Waals surface area contributed by atoms with Gasteiger partial charge in [-0.2, -0.15) is 0 Å². The fourth-order valence-corrected chi connectivity index (χ4v) is 3.07. The molecule has 0 aromatic heterocycles. The predicted octanol–water partition coefficient (Wildman–Crippen LogP) is 3.98. The number of cyclic esters (lactones) is 2. The Kier molecular flexibility index (Phi) is 4.90. The molecule has 5 heteroatoms. The highest BCUT2D eigenvalue weighted by Crippen LogP contribution is 2.41. The van der Waals surface area contributed by atoms with Gasteiger partial charge >= 0.3 is 11.9 Å². The molecule has 0 aliphatic carbocycles. The summed E-state index contributed by atoms with van der Waals surface area (Å²) in [6, 6.07) is 7.51. The molecule has 1 aliphatic heterocycles. The number of hydrogen-bond acceptors (Lipinski definition) is 5. The highest BCUT2D eigenvalue weighted by molar-refractivity contribution is 5.98. The summed E-state index contributed by atoms with van der Waals surface area (Å²) < 4.78 is 16.5. The number of carbonyl (C=O) groups is 2. The zero-order chi connectivity index (χ0) is 19.0. The Morgan fingerprint density at radius 1 is 1.00 bits per heavy atom. The molecule has 0 spiro atoms. The van der Waals surface area contributed by atoms with Crippen LogP contribution in [0.5, 0.6) is 5.75 Å². The van der Waals surface area contributed by atoms with E-state index < -0.39 is 29.1 Å². The lowest BCUT2D eigenvalue weighted by Gasteiger charge is -2.41.